The Morgan fingerprint density at radius 3 is 2.45 bits per heavy atom. The number of aryl methyl sites for hydroxylation is 2. The largest absolute Gasteiger partial charge is 0.320 e. The second-order valence-corrected chi connectivity index (χ2v) is 6.35. The third-order valence-electron chi connectivity index (χ3n) is 3.85. The zero-order valence-electron chi connectivity index (χ0n) is 11.9. The number of hydrogen-bond donors (Lipinski definition) is 1. The van der Waals surface area contributed by atoms with Crippen molar-refractivity contribution in [3.8, 4) is 0 Å². The van der Waals surface area contributed by atoms with Crippen LogP contribution in [0.25, 0.3) is 10.8 Å². The molecule has 0 amide bonds. The highest BCUT2D eigenvalue weighted by Crippen LogP contribution is 2.32. The summed E-state index contributed by atoms with van der Waals surface area (Å²) < 4.78 is 0. The summed E-state index contributed by atoms with van der Waals surface area (Å²) in [6.07, 6.45) is 1.08. The molecule has 0 fully saturated rings. The second-order valence-electron chi connectivity index (χ2n) is 5.15. The van der Waals surface area contributed by atoms with E-state index in [1.54, 1.807) is 0 Å². The average molecular weight is 281 g/mol. The average Bonchev–Trinajstić information content (AvgIpc) is 2.96. The van der Waals surface area contributed by atoms with Gasteiger partial charge >= 0.3 is 0 Å². The standard InChI is InChI=1S/C18H19NS/c1-3-13-9-11-17(20-13)18(19)16-10-8-12(2)14-6-4-5-7-15(14)16/h4-11,18H,3,19H2,1-2H3. The quantitative estimate of drug-likeness (QED) is 0.731. The van der Waals surface area contributed by atoms with E-state index in [1.807, 2.05) is 11.3 Å². The van der Waals surface area contributed by atoms with E-state index in [1.165, 1.54) is 31.7 Å². The lowest BCUT2D eigenvalue weighted by atomic mass is 9.95. The Morgan fingerprint density at radius 2 is 1.75 bits per heavy atom. The molecule has 102 valence electrons. The molecular formula is C18H19NS. The molecule has 3 aromatic rings. The molecule has 0 saturated heterocycles. The first-order chi connectivity index (χ1) is 9.70. The number of benzene rings is 2. The van der Waals surface area contributed by atoms with Crippen LogP contribution in [-0.4, -0.2) is 0 Å². The molecule has 2 aromatic carbocycles. The van der Waals surface area contributed by atoms with E-state index in [-0.39, 0.29) is 6.04 Å². The zero-order chi connectivity index (χ0) is 14.1. The predicted octanol–water partition coefficient (Wildman–Crippen LogP) is 4.82. The maximum atomic E-state index is 6.51. The summed E-state index contributed by atoms with van der Waals surface area (Å²) in [7, 11) is 0. The fourth-order valence-corrected chi connectivity index (χ4v) is 3.62. The maximum Gasteiger partial charge on any atom is 0.0652 e. The van der Waals surface area contributed by atoms with Crippen LogP contribution < -0.4 is 5.73 Å². The second kappa shape index (κ2) is 5.39. The van der Waals surface area contributed by atoms with Crippen LogP contribution in [0, 0.1) is 6.92 Å². The fraction of sp³-hybridized carbons (Fsp3) is 0.222. The minimum atomic E-state index is -0.0363. The van der Waals surface area contributed by atoms with Gasteiger partial charge in [0.1, 0.15) is 0 Å². The molecule has 2 N–H and O–H groups in total. The van der Waals surface area contributed by atoms with Crippen LogP contribution in [0.4, 0.5) is 0 Å². The van der Waals surface area contributed by atoms with Gasteiger partial charge in [0.2, 0.25) is 0 Å². The minimum absolute atomic E-state index is 0.0363. The van der Waals surface area contributed by atoms with E-state index < -0.39 is 0 Å². The highest BCUT2D eigenvalue weighted by Gasteiger charge is 2.14. The summed E-state index contributed by atoms with van der Waals surface area (Å²) >= 11 is 1.82. The monoisotopic (exact) mass is 281 g/mol. The highest BCUT2D eigenvalue weighted by molar-refractivity contribution is 7.12. The van der Waals surface area contributed by atoms with Crippen LogP contribution >= 0.6 is 11.3 Å². The smallest absolute Gasteiger partial charge is 0.0652 e. The van der Waals surface area contributed by atoms with Crippen molar-refractivity contribution < 1.29 is 0 Å². The lowest BCUT2D eigenvalue weighted by Crippen LogP contribution is -2.10. The van der Waals surface area contributed by atoms with Crippen molar-refractivity contribution in [3.05, 3.63) is 69.4 Å². The number of thiophene rings is 1. The molecule has 0 spiro atoms. The third-order valence-corrected chi connectivity index (χ3v) is 5.16. The fourth-order valence-electron chi connectivity index (χ4n) is 2.65. The third kappa shape index (κ3) is 2.26. The molecule has 0 aliphatic rings. The van der Waals surface area contributed by atoms with Gasteiger partial charge in [0, 0.05) is 9.75 Å². The molecule has 1 nitrogen and oxygen atoms in total. The van der Waals surface area contributed by atoms with E-state index in [4.69, 9.17) is 5.73 Å². The molecule has 1 unspecified atom stereocenters. The van der Waals surface area contributed by atoms with Gasteiger partial charge in [-0.15, -0.1) is 11.3 Å². The Kier molecular flexibility index (Phi) is 3.60. The van der Waals surface area contributed by atoms with E-state index in [9.17, 15) is 0 Å². The predicted molar refractivity (Wildman–Crippen MR) is 88.4 cm³/mol. The Labute approximate surface area is 124 Å². The Balaban J connectivity index is 2.12. The van der Waals surface area contributed by atoms with Gasteiger partial charge < -0.3 is 5.73 Å². The van der Waals surface area contributed by atoms with Gasteiger partial charge in [-0.05, 0) is 47.4 Å². The molecule has 0 radical (unpaired) electrons. The molecule has 0 bridgehead atoms. The van der Waals surface area contributed by atoms with E-state index >= 15 is 0 Å². The van der Waals surface area contributed by atoms with Crippen molar-refractivity contribution in [3.63, 3.8) is 0 Å². The van der Waals surface area contributed by atoms with Gasteiger partial charge in [0.25, 0.3) is 0 Å². The number of rotatable bonds is 3. The molecule has 0 saturated carbocycles. The maximum absolute atomic E-state index is 6.51. The van der Waals surface area contributed by atoms with Crippen molar-refractivity contribution in [1.82, 2.24) is 0 Å². The molecule has 2 heteroatoms. The zero-order valence-corrected chi connectivity index (χ0v) is 12.7. The van der Waals surface area contributed by atoms with Gasteiger partial charge in [-0.2, -0.15) is 0 Å². The summed E-state index contributed by atoms with van der Waals surface area (Å²) in [6, 6.07) is 17.2. The van der Waals surface area contributed by atoms with Crippen LogP contribution in [0.1, 0.15) is 33.8 Å². The summed E-state index contributed by atoms with van der Waals surface area (Å²) in [4.78, 5) is 2.64. The number of hydrogen-bond acceptors (Lipinski definition) is 2. The minimum Gasteiger partial charge on any atom is -0.320 e. The summed E-state index contributed by atoms with van der Waals surface area (Å²) in [5.41, 5.74) is 9.03. The van der Waals surface area contributed by atoms with Crippen molar-refractivity contribution in [2.45, 2.75) is 26.3 Å². The molecular weight excluding hydrogens is 262 g/mol. The van der Waals surface area contributed by atoms with Crippen LogP contribution in [-0.2, 0) is 6.42 Å². The van der Waals surface area contributed by atoms with Gasteiger partial charge in [-0.1, -0.05) is 43.3 Å². The lowest BCUT2D eigenvalue weighted by molar-refractivity contribution is 0.903. The van der Waals surface area contributed by atoms with Crippen molar-refractivity contribution in [1.29, 1.82) is 0 Å². The SMILES string of the molecule is CCc1ccc(C(N)c2ccc(C)c3ccccc23)s1. The first-order valence-electron chi connectivity index (χ1n) is 7.03. The van der Waals surface area contributed by atoms with Gasteiger partial charge in [0.15, 0.2) is 0 Å². The molecule has 0 aliphatic heterocycles. The molecule has 1 aromatic heterocycles. The summed E-state index contributed by atoms with van der Waals surface area (Å²) in [5, 5.41) is 2.57. The van der Waals surface area contributed by atoms with Crippen molar-refractivity contribution >= 4 is 22.1 Å². The topological polar surface area (TPSA) is 26.0 Å². The van der Waals surface area contributed by atoms with Gasteiger partial charge in [-0.3, -0.25) is 0 Å². The summed E-state index contributed by atoms with van der Waals surface area (Å²) in [5.74, 6) is 0. The Bertz CT molecular complexity index is 742. The Morgan fingerprint density at radius 1 is 1.00 bits per heavy atom. The van der Waals surface area contributed by atoms with Gasteiger partial charge in [0.05, 0.1) is 6.04 Å². The first-order valence-corrected chi connectivity index (χ1v) is 7.84. The molecule has 3 rings (SSSR count). The van der Waals surface area contributed by atoms with E-state index in [0.717, 1.165) is 6.42 Å². The Hall–Kier alpha value is -1.64. The molecule has 1 heterocycles. The molecule has 0 aliphatic carbocycles. The molecule has 1 atom stereocenters. The first kappa shape index (κ1) is 13.3. The van der Waals surface area contributed by atoms with E-state index in [0.29, 0.717) is 0 Å². The number of nitrogens with two attached hydrogens (primary N) is 1. The van der Waals surface area contributed by atoms with Crippen molar-refractivity contribution in [2.75, 3.05) is 0 Å². The number of fused-ring (bicyclic) bond motifs is 1. The normalized spacial score (nSPS) is 12.8. The van der Waals surface area contributed by atoms with Gasteiger partial charge in [-0.25, -0.2) is 0 Å². The van der Waals surface area contributed by atoms with Crippen LogP contribution in [0.5, 0.6) is 0 Å². The van der Waals surface area contributed by atoms with Crippen molar-refractivity contribution in [2.24, 2.45) is 5.73 Å². The highest BCUT2D eigenvalue weighted by atomic mass is 32.1. The summed E-state index contributed by atoms with van der Waals surface area (Å²) in [6.45, 7) is 4.33. The molecule has 20 heavy (non-hydrogen) atoms. The van der Waals surface area contributed by atoms with E-state index in [2.05, 4.69) is 62.4 Å². The lowest BCUT2D eigenvalue weighted by Gasteiger charge is -2.14. The van der Waals surface area contributed by atoms with Crippen LogP contribution in [0.15, 0.2) is 48.5 Å². The van der Waals surface area contributed by atoms with Crippen LogP contribution in [0.3, 0.4) is 0 Å². The van der Waals surface area contributed by atoms with Crippen LogP contribution in [0.2, 0.25) is 0 Å².